The molecule has 0 radical (unpaired) electrons. The summed E-state index contributed by atoms with van der Waals surface area (Å²) < 4.78 is 11.4. The molecule has 1 N–H and O–H groups in total. The molecule has 0 aliphatic carbocycles. The molecule has 3 aromatic rings. The number of ether oxygens (including phenoxy) is 1. The maximum Gasteiger partial charge on any atom is 0.263 e. The van der Waals surface area contributed by atoms with E-state index in [1.54, 1.807) is 22.0 Å². The number of para-hydroxylation sites is 1. The molecule has 0 spiro atoms. The maximum absolute atomic E-state index is 12.9. The smallest absolute Gasteiger partial charge is 0.263 e. The average Bonchev–Trinajstić information content (AvgIpc) is 3.46. The van der Waals surface area contributed by atoms with Crippen LogP contribution in [0.5, 0.6) is 5.75 Å². The van der Waals surface area contributed by atoms with Gasteiger partial charge in [0.1, 0.15) is 17.0 Å². The van der Waals surface area contributed by atoms with Gasteiger partial charge < -0.3 is 14.7 Å². The Kier molecular flexibility index (Phi) is 6.05. The van der Waals surface area contributed by atoms with Gasteiger partial charge in [0.15, 0.2) is 6.10 Å². The Morgan fingerprint density at radius 2 is 2.07 bits per heavy atom. The summed E-state index contributed by atoms with van der Waals surface area (Å²) >= 11 is 1.30. The van der Waals surface area contributed by atoms with Gasteiger partial charge in [0, 0.05) is 13.1 Å². The summed E-state index contributed by atoms with van der Waals surface area (Å²) in [4.78, 5) is 15.7. The molecule has 1 atom stereocenters. The highest BCUT2D eigenvalue weighted by Gasteiger charge is 2.39. The van der Waals surface area contributed by atoms with Crippen LogP contribution in [0.2, 0.25) is 0 Å². The molecule has 1 fully saturated rings. The van der Waals surface area contributed by atoms with Gasteiger partial charge in [-0.15, -0.1) is 10.2 Å². The van der Waals surface area contributed by atoms with E-state index in [2.05, 4.69) is 19.9 Å². The van der Waals surface area contributed by atoms with E-state index in [-0.39, 0.29) is 5.91 Å². The number of amides is 1. The number of aromatic nitrogens is 5. The lowest BCUT2D eigenvalue weighted by molar-refractivity contribution is -0.143. The van der Waals surface area contributed by atoms with Crippen molar-refractivity contribution in [3.63, 3.8) is 0 Å². The first kappa shape index (κ1) is 20.4. The Labute approximate surface area is 178 Å². The fourth-order valence-electron chi connectivity index (χ4n) is 3.53. The van der Waals surface area contributed by atoms with Crippen LogP contribution in [-0.4, -0.2) is 59.7 Å². The van der Waals surface area contributed by atoms with Crippen LogP contribution >= 0.6 is 11.5 Å². The van der Waals surface area contributed by atoms with Crippen LogP contribution in [-0.2, 0) is 16.9 Å². The molecule has 0 saturated carbocycles. The van der Waals surface area contributed by atoms with Gasteiger partial charge in [-0.3, -0.25) is 4.79 Å². The molecule has 4 rings (SSSR count). The molecule has 1 aliphatic heterocycles. The number of carbonyl (C=O) groups is 1. The van der Waals surface area contributed by atoms with Gasteiger partial charge in [0.25, 0.3) is 5.91 Å². The summed E-state index contributed by atoms with van der Waals surface area (Å²) in [7, 11) is 0. The van der Waals surface area contributed by atoms with E-state index in [1.807, 2.05) is 37.3 Å². The van der Waals surface area contributed by atoms with Crippen molar-refractivity contribution in [3.8, 4) is 5.75 Å². The largest absolute Gasteiger partial charge is 0.481 e. The summed E-state index contributed by atoms with van der Waals surface area (Å²) in [6, 6.07) is 9.36. The number of carbonyl (C=O) groups excluding carboxylic acids is 1. The predicted octanol–water partition coefficient (Wildman–Crippen LogP) is 1.85. The van der Waals surface area contributed by atoms with E-state index in [0.29, 0.717) is 50.3 Å². The Balaban J connectivity index is 1.36. The molecule has 1 aromatic carbocycles. The van der Waals surface area contributed by atoms with Gasteiger partial charge in [0.2, 0.25) is 0 Å². The first-order valence-corrected chi connectivity index (χ1v) is 10.7. The van der Waals surface area contributed by atoms with Gasteiger partial charge in [-0.2, -0.15) is 0 Å². The lowest BCUT2D eigenvalue weighted by Crippen LogP contribution is -2.49. The van der Waals surface area contributed by atoms with Crippen LogP contribution < -0.4 is 4.74 Å². The highest BCUT2D eigenvalue weighted by molar-refractivity contribution is 7.05. The van der Waals surface area contributed by atoms with Crippen molar-refractivity contribution in [1.29, 1.82) is 0 Å². The van der Waals surface area contributed by atoms with E-state index >= 15 is 0 Å². The molecule has 1 aliphatic rings. The number of benzene rings is 1. The number of aliphatic hydroxyl groups is 1. The first-order chi connectivity index (χ1) is 14.6. The Morgan fingerprint density at radius 1 is 1.30 bits per heavy atom. The van der Waals surface area contributed by atoms with Gasteiger partial charge in [-0.25, -0.2) is 4.68 Å². The van der Waals surface area contributed by atoms with Crippen molar-refractivity contribution in [1.82, 2.24) is 29.5 Å². The number of piperidine rings is 1. The molecule has 1 amide bonds. The summed E-state index contributed by atoms with van der Waals surface area (Å²) in [6.45, 7) is 3.33. The summed E-state index contributed by atoms with van der Waals surface area (Å²) in [5.41, 5.74) is -0.567. The van der Waals surface area contributed by atoms with E-state index < -0.39 is 11.7 Å². The van der Waals surface area contributed by atoms with E-state index in [4.69, 9.17) is 4.74 Å². The van der Waals surface area contributed by atoms with Crippen molar-refractivity contribution in [3.05, 3.63) is 53.3 Å². The molecule has 1 unspecified atom stereocenters. The summed E-state index contributed by atoms with van der Waals surface area (Å²) in [6.07, 6.45) is 4.29. The van der Waals surface area contributed by atoms with Crippen LogP contribution in [0.25, 0.3) is 0 Å². The minimum absolute atomic E-state index is 0.0512. The standard InChI is InChI=1S/C20H24N6O3S/c1-2-17(29-15-6-4-3-5-7-15)19(27)25-10-8-20(28,9-11-25)18-14-26(23-22-18)13-16-12-21-24-30-16/h3-7,12,14,17,28H,2,8-11,13H2,1H3. The average molecular weight is 429 g/mol. The molecule has 158 valence electrons. The van der Waals surface area contributed by atoms with Crippen LogP contribution in [0, 0.1) is 0 Å². The van der Waals surface area contributed by atoms with Crippen LogP contribution in [0.3, 0.4) is 0 Å². The Hall–Kier alpha value is -2.85. The van der Waals surface area contributed by atoms with Gasteiger partial charge in [-0.1, -0.05) is 34.8 Å². The quantitative estimate of drug-likeness (QED) is 0.612. The second kappa shape index (κ2) is 8.88. The first-order valence-electron chi connectivity index (χ1n) is 9.97. The van der Waals surface area contributed by atoms with E-state index in [9.17, 15) is 9.90 Å². The second-order valence-electron chi connectivity index (χ2n) is 7.37. The molecule has 10 heteroatoms. The minimum atomic E-state index is -1.09. The number of rotatable bonds is 7. The fraction of sp³-hybridized carbons (Fsp3) is 0.450. The molecule has 3 heterocycles. The van der Waals surface area contributed by atoms with Crippen molar-refractivity contribution in [2.45, 2.75) is 44.4 Å². The van der Waals surface area contributed by atoms with E-state index in [0.717, 1.165) is 4.88 Å². The topological polar surface area (TPSA) is 106 Å². The monoisotopic (exact) mass is 428 g/mol. The van der Waals surface area contributed by atoms with Crippen LogP contribution in [0.1, 0.15) is 36.8 Å². The number of likely N-dealkylation sites (tertiary alicyclic amines) is 1. The summed E-state index contributed by atoms with van der Waals surface area (Å²) in [5.74, 6) is 0.628. The minimum Gasteiger partial charge on any atom is -0.481 e. The molecular formula is C20H24N6O3S. The molecular weight excluding hydrogens is 404 g/mol. The lowest BCUT2D eigenvalue weighted by Gasteiger charge is -2.38. The third-order valence-electron chi connectivity index (χ3n) is 5.31. The third-order valence-corrected chi connectivity index (χ3v) is 5.96. The van der Waals surface area contributed by atoms with Gasteiger partial charge >= 0.3 is 0 Å². The second-order valence-corrected chi connectivity index (χ2v) is 8.24. The molecule has 0 bridgehead atoms. The molecule has 9 nitrogen and oxygen atoms in total. The Morgan fingerprint density at radius 3 is 2.73 bits per heavy atom. The van der Waals surface area contributed by atoms with Crippen molar-refractivity contribution >= 4 is 17.4 Å². The fourth-order valence-corrected chi connectivity index (χ4v) is 4.02. The maximum atomic E-state index is 12.9. The zero-order valence-corrected chi connectivity index (χ0v) is 17.5. The summed E-state index contributed by atoms with van der Waals surface area (Å²) in [5, 5.41) is 23.2. The molecule has 2 aromatic heterocycles. The zero-order chi connectivity index (χ0) is 21.0. The van der Waals surface area contributed by atoms with Crippen LogP contribution in [0.4, 0.5) is 0 Å². The van der Waals surface area contributed by atoms with Crippen molar-refractivity contribution in [2.24, 2.45) is 0 Å². The Bertz CT molecular complexity index is 954. The number of hydrogen-bond acceptors (Lipinski definition) is 8. The van der Waals surface area contributed by atoms with Crippen molar-refractivity contribution in [2.75, 3.05) is 13.1 Å². The van der Waals surface area contributed by atoms with Gasteiger partial charge in [0.05, 0.1) is 23.8 Å². The zero-order valence-electron chi connectivity index (χ0n) is 16.7. The number of hydrogen-bond donors (Lipinski definition) is 1. The van der Waals surface area contributed by atoms with Crippen LogP contribution in [0.15, 0.2) is 42.7 Å². The lowest BCUT2D eigenvalue weighted by atomic mass is 9.88. The highest BCUT2D eigenvalue weighted by atomic mass is 32.1. The predicted molar refractivity (Wildman–Crippen MR) is 110 cm³/mol. The molecule has 30 heavy (non-hydrogen) atoms. The number of nitrogens with zero attached hydrogens (tertiary/aromatic N) is 6. The van der Waals surface area contributed by atoms with E-state index in [1.165, 1.54) is 11.5 Å². The highest BCUT2D eigenvalue weighted by Crippen LogP contribution is 2.32. The third kappa shape index (κ3) is 4.49. The molecule has 1 saturated heterocycles. The normalized spacial score (nSPS) is 16.9. The van der Waals surface area contributed by atoms with Crippen molar-refractivity contribution < 1.29 is 14.6 Å². The van der Waals surface area contributed by atoms with Gasteiger partial charge in [-0.05, 0) is 42.9 Å². The SMILES string of the molecule is CCC(Oc1ccccc1)C(=O)N1CCC(O)(c2cn(Cc3cnns3)nn2)CC1.